The summed E-state index contributed by atoms with van der Waals surface area (Å²) in [7, 11) is -3.49. The molecule has 2 N–H and O–H groups in total. The van der Waals surface area contributed by atoms with Crippen molar-refractivity contribution in [1.29, 1.82) is 0 Å². The molecule has 6 nitrogen and oxygen atoms in total. The van der Waals surface area contributed by atoms with Crippen LogP contribution in [0.3, 0.4) is 0 Å². The Morgan fingerprint density at radius 2 is 1.89 bits per heavy atom. The number of nitrogens with one attached hydrogen (secondary N) is 1. The van der Waals surface area contributed by atoms with Gasteiger partial charge in [0.1, 0.15) is 4.75 Å². The molecule has 0 aliphatic carbocycles. The van der Waals surface area contributed by atoms with E-state index in [9.17, 15) is 18.3 Å². The summed E-state index contributed by atoms with van der Waals surface area (Å²) in [6.07, 6.45) is 1.90. The van der Waals surface area contributed by atoms with Crippen LogP contribution >= 0.6 is 0 Å². The van der Waals surface area contributed by atoms with Gasteiger partial charge in [-0.3, -0.25) is 4.79 Å². The summed E-state index contributed by atoms with van der Waals surface area (Å²) in [6.45, 7) is 3.65. The van der Waals surface area contributed by atoms with E-state index < -0.39 is 26.1 Å². The number of sulfone groups is 1. The van der Waals surface area contributed by atoms with Crippen molar-refractivity contribution >= 4 is 15.7 Å². The summed E-state index contributed by atoms with van der Waals surface area (Å²) >= 11 is 0. The van der Waals surface area contributed by atoms with Crippen LogP contribution in [0.1, 0.15) is 26.7 Å². The SMILES string of the molecule is CC(C)(C(=O)NCC1(O)CCOCC1)S(C)(=O)=O. The molecule has 0 aromatic carbocycles. The van der Waals surface area contributed by atoms with Crippen LogP contribution in [0.5, 0.6) is 0 Å². The molecule has 18 heavy (non-hydrogen) atoms. The maximum Gasteiger partial charge on any atom is 0.240 e. The van der Waals surface area contributed by atoms with Crippen molar-refractivity contribution in [3.8, 4) is 0 Å². The van der Waals surface area contributed by atoms with Crippen LogP contribution in [0.2, 0.25) is 0 Å². The van der Waals surface area contributed by atoms with Crippen LogP contribution in [-0.2, 0) is 19.4 Å². The van der Waals surface area contributed by atoms with Crippen LogP contribution in [0, 0.1) is 0 Å². The number of hydrogen-bond acceptors (Lipinski definition) is 5. The van der Waals surface area contributed by atoms with Gasteiger partial charge in [0.25, 0.3) is 0 Å². The smallest absolute Gasteiger partial charge is 0.240 e. The lowest BCUT2D eigenvalue weighted by Gasteiger charge is -2.33. The predicted molar refractivity (Wildman–Crippen MR) is 66.9 cm³/mol. The lowest BCUT2D eigenvalue weighted by Crippen LogP contribution is -2.53. The lowest BCUT2D eigenvalue weighted by molar-refractivity contribution is -0.125. The van der Waals surface area contributed by atoms with Crippen molar-refractivity contribution in [2.24, 2.45) is 0 Å². The molecule has 0 radical (unpaired) electrons. The quantitative estimate of drug-likeness (QED) is 0.721. The van der Waals surface area contributed by atoms with Gasteiger partial charge in [0.2, 0.25) is 5.91 Å². The Morgan fingerprint density at radius 1 is 1.39 bits per heavy atom. The fourth-order valence-corrected chi connectivity index (χ4v) is 1.96. The van der Waals surface area contributed by atoms with Crippen molar-refractivity contribution in [3.63, 3.8) is 0 Å². The van der Waals surface area contributed by atoms with E-state index in [1.807, 2.05) is 0 Å². The first kappa shape index (κ1) is 15.4. The molecule has 0 bridgehead atoms. The number of carbonyl (C=O) groups excluding carboxylic acids is 1. The largest absolute Gasteiger partial charge is 0.388 e. The summed E-state index contributed by atoms with van der Waals surface area (Å²) in [5.74, 6) is -0.593. The Hall–Kier alpha value is -0.660. The predicted octanol–water partition coefficient (Wildman–Crippen LogP) is -0.533. The third kappa shape index (κ3) is 3.43. The molecule has 1 fully saturated rings. The maximum atomic E-state index is 11.9. The fraction of sp³-hybridized carbons (Fsp3) is 0.909. The average Bonchev–Trinajstić information content (AvgIpc) is 2.25. The van der Waals surface area contributed by atoms with Crippen LogP contribution in [0.4, 0.5) is 0 Å². The minimum absolute atomic E-state index is 0.0497. The van der Waals surface area contributed by atoms with Gasteiger partial charge in [0, 0.05) is 38.9 Å². The number of hydrogen-bond donors (Lipinski definition) is 2. The number of amides is 1. The van der Waals surface area contributed by atoms with Crippen molar-refractivity contribution in [2.45, 2.75) is 37.0 Å². The van der Waals surface area contributed by atoms with Gasteiger partial charge in [0.05, 0.1) is 5.60 Å². The van der Waals surface area contributed by atoms with Crippen LogP contribution < -0.4 is 5.32 Å². The summed E-state index contributed by atoms with van der Waals surface area (Å²) in [5.41, 5.74) is -0.999. The lowest BCUT2D eigenvalue weighted by atomic mass is 9.94. The first-order chi connectivity index (χ1) is 8.08. The third-order valence-electron chi connectivity index (χ3n) is 3.48. The van der Waals surface area contributed by atoms with Crippen LogP contribution in [-0.4, -0.2) is 55.8 Å². The standard InChI is InChI=1S/C11H21NO5S/c1-10(2,18(3,15)16)9(13)12-8-11(14)4-6-17-7-5-11/h14H,4-8H2,1-3H3,(H,12,13). The van der Waals surface area contributed by atoms with Gasteiger partial charge < -0.3 is 15.2 Å². The average molecular weight is 279 g/mol. The number of rotatable bonds is 4. The van der Waals surface area contributed by atoms with Gasteiger partial charge in [-0.05, 0) is 13.8 Å². The molecule has 1 amide bonds. The Bertz CT molecular complexity index is 409. The Labute approximate surface area is 108 Å². The maximum absolute atomic E-state index is 11.9. The summed E-state index contributed by atoms with van der Waals surface area (Å²) in [4.78, 5) is 11.9. The van der Waals surface area contributed by atoms with E-state index in [1.165, 1.54) is 13.8 Å². The molecule has 0 saturated carbocycles. The van der Waals surface area contributed by atoms with Gasteiger partial charge in [0.15, 0.2) is 9.84 Å². The second-order valence-electron chi connectivity index (χ2n) is 5.30. The molecule has 1 saturated heterocycles. The number of ether oxygens (including phenoxy) is 1. The second-order valence-corrected chi connectivity index (χ2v) is 7.87. The van der Waals surface area contributed by atoms with Gasteiger partial charge in [-0.1, -0.05) is 0 Å². The fourth-order valence-electron chi connectivity index (χ4n) is 1.55. The molecule has 1 heterocycles. The molecule has 106 valence electrons. The van der Waals surface area contributed by atoms with E-state index in [0.717, 1.165) is 6.26 Å². The Balaban J connectivity index is 2.61. The van der Waals surface area contributed by atoms with E-state index in [4.69, 9.17) is 4.74 Å². The van der Waals surface area contributed by atoms with E-state index in [0.29, 0.717) is 26.1 Å². The van der Waals surface area contributed by atoms with Crippen molar-refractivity contribution < 1.29 is 23.1 Å². The van der Waals surface area contributed by atoms with Gasteiger partial charge >= 0.3 is 0 Å². The monoisotopic (exact) mass is 279 g/mol. The molecular weight excluding hydrogens is 258 g/mol. The third-order valence-corrected chi connectivity index (χ3v) is 5.51. The minimum Gasteiger partial charge on any atom is -0.388 e. The zero-order chi connectivity index (χ0) is 14.0. The molecule has 7 heteroatoms. The second kappa shape index (κ2) is 5.14. The molecule has 1 aliphatic heterocycles. The highest BCUT2D eigenvalue weighted by atomic mass is 32.2. The molecule has 0 aromatic heterocycles. The topological polar surface area (TPSA) is 92.7 Å². The summed E-state index contributed by atoms with van der Waals surface area (Å²) in [5, 5.41) is 12.7. The first-order valence-electron chi connectivity index (χ1n) is 5.87. The number of aliphatic hydroxyl groups is 1. The van der Waals surface area contributed by atoms with Gasteiger partial charge in [-0.25, -0.2) is 8.42 Å². The van der Waals surface area contributed by atoms with E-state index in [2.05, 4.69) is 5.32 Å². The molecule has 0 unspecified atom stereocenters. The normalized spacial score (nSPS) is 20.4. The summed E-state index contributed by atoms with van der Waals surface area (Å²) < 4.78 is 26.6. The van der Waals surface area contributed by atoms with Crippen molar-refractivity contribution in [2.75, 3.05) is 26.0 Å². The molecule has 1 aliphatic rings. The van der Waals surface area contributed by atoms with Gasteiger partial charge in [-0.2, -0.15) is 0 Å². The summed E-state index contributed by atoms with van der Waals surface area (Å²) in [6, 6.07) is 0. The van der Waals surface area contributed by atoms with E-state index >= 15 is 0 Å². The van der Waals surface area contributed by atoms with Crippen molar-refractivity contribution in [3.05, 3.63) is 0 Å². The van der Waals surface area contributed by atoms with E-state index in [1.54, 1.807) is 0 Å². The molecule has 0 spiro atoms. The van der Waals surface area contributed by atoms with Gasteiger partial charge in [-0.15, -0.1) is 0 Å². The van der Waals surface area contributed by atoms with E-state index in [-0.39, 0.29) is 6.54 Å². The van der Waals surface area contributed by atoms with Crippen LogP contribution in [0.25, 0.3) is 0 Å². The number of carbonyl (C=O) groups is 1. The van der Waals surface area contributed by atoms with Crippen molar-refractivity contribution in [1.82, 2.24) is 5.32 Å². The highest BCUT2D eigenvalue weighted by molar-refractivity contribution is 7.92. The minimum atomic E-state index is -3.49. The zero-order valence-electron chi connectivity index (χ0n) is 11.0. The highest BCUT2D eigenvalue weighted by Crippen LogP contribution is 2.20. The molecule has 0 atom stereocenters. The zero-order valence-corrected chi connectivity index (χ0v) is 11.8. The molecule has 0 aromatic rings. The first-order valence-corrected chi connectivity index (χ1v) is 7.76. The molecular formula is C11H21NO5S. The Morgan fingerprint density at radius 3 is 2.33 bits per heavy atom. The molecule has 1 rings (SSSR count). The Kier molecular flexibility index (Phi) is 4.40. The van der Waals surface area contributed by atoms with Crippen LogP contribution in [0.15, 0.2) is 0 Å². The highest BCUT2D eigenvalue weighted by Gasteiger charge is 2.40.